The van der Waals surface area contributed by atoms with Gasteiger partial charge in [-0.25, -0.2) is 4.39 Å². The summed E-state index contributed by atoms with van der Waals surface area (Å²) in [7, 11) is 0. The van der Waals surface area contributed by atoms with Crippen molar-refractivity contribution in [3.8, 4) is 0 Å². The van der Waals surface area contributed by atoms with E-state index in [9.17, 15) is 9.18 Å². The third kappa shape index (κ3) is 4.57. The number of alkyl halides is 1. The number of rotatable bonds is 6. The van der Waals surface area contributed by atoms with Crippen molar-refractivity contribution in [1.29, 1.82) is 0 Å². The van der Waals surface area contributed by atoms with Crippen molar-refractivity contribution < 1.29 is 9.18 Å². The van der Waals surface area contributed by atoms with Crippen molar-refractivity contribution in [2.24, 2.45) is 0 Å². The minimum Gasteiger partial charge on any atom is -0.337 e. The summed E-state index contributed by atoms with van der Waals surface area (Å²) in [6, 6.07) is 16.0. The van der Waals surface area contributed by atoms with Gasteiger partial charge in [-0.05, 0) is 17.2 Å². The highest BCUT2D eigenvalue weighted by Crippen LogP contribution is 2.11. The van der Waals surface area contributed by atoms with Gasteiger partial charge in [0.25, 0.3) is 0 Å². The van der Waals surface area contributed by atoms with Crippen LogP contribution in [0.1, 0.15) is 11.1 Å². The van der Waals surface area contributed by atoms with Crippen LogP contribution in [0.2, 0.25) is 0 Å². The van der Waals surface area contributed by atoms with E-state index in [1.54, 1.807) is 23.1 Å². The molecule has 110 valence electrons. The van der Waals surface area contributed by atoms with Crippen LogP contribution in [0, 0.1) is 5.82 Å². The van der Waals surface area contributed by atoms with E-state index in [4.69, 9.17) is 11.6 Å². The van der Waals surface area contributed by atoms with Crippen molar-refractivity contribution in [2.45, 2.75) is 13.0 Å². The largest absolute Gasteiger partial charge is 0.337 e. The maximum atomic E-state index is 13.6. The minimum atomic E-state index is -0.351. The Bertz CT molecular complexity index is 588. The van der Waals surface area contributed by atoms with Crippen LogP contribution in [0.3, 0.4) is 0 Å². The number of hydrogen-bond donors (Lipinski definition) is 0. The molecule has 4 heteroatoms. The van der Waals surface area contributed by atoms with Crippen molar-refractivity contribution in [2.75, 3.05) is 12.4 Å². The molecule has 0 heterocycles. The fraction of sp³-hybridized carbons (Fsp3) is 0.235. The molecule has 0 radical (unpaired) electrons. The molecule has 2 aromatic carbocycles. The smallest absolute Gasteiger partial charge is 0.227 e. The summed E-state index contributed by atoms with van der Waals surface area (Å²) < 4.78 is 13.6. The van der Waals surface area contributed by atoms with E-state index in [-0.39, 0.29) is 18.1 Å². The van der Waals surface area contributed by atoms with Crippen LogP contribution in [0.5, 0.6) is 0 Å². The van der Waals surface area contributed by atoms with Gasteiger partial charge in [0.05, 0.1) is 6.42 Å². The Hall–Kier alpha value is -1.87. The topological polar surface area (TPSA) is 20.3 Å². The molecule has 0 aliphatic heterocycles. The Morgan fingerprint density at radius 2 is 1.71 bits per heavy atom. The standard InChI is InChI=1S/C17H17ClFNO/c18-10-11-20(13-14-6-2-1-3-7-14)17(21)12-15-8-4-5-9-16(15)19/h1-9H,10-13H2. The van der Waals surface area contributed by atoms with Crippen LogP contribution in [-0.2, 0) is 17.8 Å². The Kier molecular flexibility index (Phi) is 5.76. The van der Waals surface area contributed by atoms with Gasteiger partial charge in [-0.3, -0.25) is 4.79 Å². The summed E-state index contributed by atoms with van der Waals surface area (Å²) >= 11 is 5.77. The zero-order valence-electron chi connectivity index (χ0n) is 11.6. The zero-order valence-corrected chi connectivity index (χ0v) is 12.4. The van der Waals surface area contributed by atoms with Crippen LogP contribution < -0.4 is 0 Å². The van der Waals surface area contributed by atoms with Crippen LogP contribution in [-0.4, -0.2) is 23.2 Å². The van der Waals surface area contributed by atoms with E-state index in [0.29, 0.717) is 24.5 Å². The molecular formula is C17H17ClFNO. The molecule has 0 spiro atoms. The Labute approximate surface area is 129 Å². The fourth-order valence-electron chi connectivity index (χ4n) is 2.11. The average Bonchev–Trinajstić information content (AvgIpc) is 2.50. The molecule has 0 aliphatic rings. The first-order valence-corrected chi connectivity index (χ1v) is 7.35. The highest BCUT2D eigenvalue weighted by Gasteiger charge is 2.15. The van der Waals surface area contributed by atoms with E-state index < -0.39 is 0 Å². The predicted octanol–water partition coefficient (Wildman–Crippen LogP) is 3.64. The molecule has 0 aliphatic carbocycles. The molecule has 0 unspecified atom stereocenters. The fourth-order valence-corrected chi connectivity index (χ4v) is 2.32. The quantitative estimate of drug-likeness (QED) is 0.746. The molecule has 21 heavy (non-hydrogen) atoms. The third-order valence-corrected chi connectivity index (χ3v) is 3.39. The number of amides is 1. The number of hydrogen-bond acceptors (Lipinski definition) is 1. The summed E-state index contributed by atoms with van der Waals surface area (Å²) in [4.78, 5) is 14.0. The molecule has 0 bridgehead atoms. The van der Waals surface area contributed by atoms with Gasteiger partial charge in [-0.2, -0.15) is 0 Å². The second-order valence-electron chi connectivity index (χ2n) is 4.76. The van der Waals surface area contributed by atoms with Gasteiger partial charge in [0.1, 0.15) is 5.82 Å². The van der Waals surface area contributed by atoms with Gasteiger partial charge in [0.2, 0.25) is 5.91 Å². The van der Waals surface area contributed by atoms with Crippen molar-refractivity contribution in [3.63, 3.8) is 0 Å². The lowest BCUT2D eigenvalue weighted by Crippen LogP contribution is -2.33. The number of benzene rings is 2. The molecule has 1 amide bonds. The first kappa shape index (κ1) is 15.5. The highest BCUT2D eigenvalue weighted by molar-refractivity contribution is 6.18. The minimum absolute atomic E-state index is 0.0520. The lowest BCUT2D eigenvalue weighted by molar-refractivity contribution is -0.130. The summed E-state index contributed by atoms with van der Waals surface area (Å²) in [5, 5.41) is 0. The van der Waals surface area contributed by atoms with Crippen molar-refractivity contribution in [3.05, 3.63) is 71.5 Å². The second-order valence-corrected chi connectivity index (χ2v) is 5.14. The number of carbonyl (C=O) groups excluding carboxylic acids is 1. The molecule has 0 saturated carbocycles. The maximum Gasteiger partial charge on any atom is 0.227 e. The van der Waals surface area contributed by atoms with Gasteiger partial charge in [0, 0.05) is 19.0 Å². The number of halogens is 2. The van der Waals surface area contributed by atoms with E-state index in [2.05, 4.69) is 0 Å². The molecular weight excluding hydrogens is 289 g/mol. The molecule has 0 atom stereocenters. The van der Waals surface area contributed by atoms with Gasteiger partial charge >= 0.3 is 0 Å². The number of nitrogens with zero attached hydrogens (tertiary/aromatic N) is 1. The lowest BCUT2D eigenvalue weighted by Gasteiger charge is -2.22. The van der Waals surface area contributed by atoms with Crippen LogP contribution in [0.15, 0.2) is 54.6 Å². The van der Waals surface area contributed by atoms with E-state index in [0.717, 1.165) is 5.56 Å². The monoisotopic (exact) mass is 305 g/mol. The Balaban J connectivity index is 2.07. The normalized spacial score (nSPS) is 10.4. The summed E-state index contributed by atoms with van der Waals surface area (Å²) in [6.45, 7) is 0.935. The average molecular weight is 306 g/mol. The molecule has 0 saturated heterocycles. The molecule has 0 N–H and O–H groups in total. The van der Waals surface area contributed by atoms with Crippen molar-refractivity contribution >= 4 is 17.5 Å². The second kappa shape index (κ2) is 7.79. The molecule has 0 fully saturated rings. The van der Waals surface area contributed by atoms with Gasteiger partial charge < -0.3 is 4.90 Å². The van der Waals surface area contributed by atoms with Gasteiger partial charge in [-0.1, -0.05) is 48.5 Å². The Morgan fingerprint density at radius 1 is 1.05 bits per heavy atom. The first-order chi connectivity index (χ1) is 10.2. The zero-order chi connectivity index (χ0) is 15.1. The third-order valence-electron chi connectivity index (χ3n) is 3.22. The van der Waals surface area contributed by atoms with E-state index >= 15 is 0 Å². The maximum absolute atomic E-state index is 13.6. The molecule has 0 aromatic heterocycles. The first-order valence-electron chi connectivity index (χ1n) is 6.82. The number of carbonyl (C=O) groups is 1. The van der Waals surface area contributed by atoms with Crippen LogP contribution in [0.25, 0.3) is 0 Å². The molecule has 2 rings (SSSR count). The van der Waals surface area contributed by atoms with E-state index in [1.165, 1.54) is 6.07 Å². The Morgan fingerprint density at radius 3 is 2.38 bits per heavy atom. The van der Waals surface area contributed by atoms with Gasteiger partial charge in [0.15, 0.2) is 0 Å². The van der Waals surface area contributed by atoms with Crippen LogP contribution in [0.4, 0.5) is 4.39 Å². The van der Waals surface area contributed by atoms with E-state index in [1.807, 2.05) is 30.3 Å². The summed E-state index contributed by atoms with van der Waals surface area (Å²) in [5.41, 5.74) is 1.44. The van der Waals surface area contributed by atoms with Gasteiger partial charge in [-0.15, -0.1) is 11.6 Å². The van der Waals surface area contributed by atoms with Crippen molar-refractivity contribution in [1.82, 2.24) is 4.90 Å². The molecule has 2 aromatic rings. The SMILES string of the molecule is O=C(Cc1ccccc1F)N(CCCl)Cc1ccccc1. The molecule has 2 nitrogen and oxygen atoms in total. The van der Waals surface area contributed by atoms with Crippen LogP contribution >= 0.6 is 11.6 Å². The highest BCUT2D eigenvalue weighted by atomic mass is 35.5. The summed E-state index contributed by atoms with van der Waals surface area (Å²) in [6.07, 6.45) is 0.0520. The summed E-state index contributed by atoms with van der Waals surface area (Å²) in [5.74, 6) is -0.114. The predicted molar refractivity (Wildman–Crippen MR) is 82.7 cm³/mol. The lowest BCUT2D eigenvalue weighted by atomic mass is 10.1.